The van der Waals surface area contributed by atoms with Crippen molar-refractivity contribution in [1.82, 2.24) is 14.7 Å². The molecule has 140 valence electrons. The summed E-state index contributed by atoms with van der Waals surface area (Å²) in [4.78, 5) is 14.9. The SMILES string of the molecule is Cc1nn(C)c(F)c1C(=O)N(C(C)CCc1ccc(Cl)c(Cl)c1)C1CC1. The minimum absolute atomic E-state index is 0.0107. The van der Waals surface area contributed by atoms with E-state index in [4.69, 9.17) is 23.2 Å². The molecule has 1 atom stereocenters. The Bertz CT molecular complexity index is 832. The number of nitrogens with zero attached hydrogens (tertiary/aromatic N) is 3. The first-order valence-electron chi connectivity index (χ1n) is 8.75. The topological polar surface area (TPSA) is 38.1 Å². The van der Waals surface area contributed by atoms with Gasteiger partial charge in [0, 0.05) is 19.1 Å². The smallest absolute Gasteiger partial charge is 0.260 e. The number of hydrogen-bond acceptors (Lipinski definition) is 2. The minimum Gasteiger partial charge on any atom is -0.333 e. The van der Waals surface area contributed by atoms with Gasteiger partial charge in [0.2, 0.25) is 5.95 Å². The summed E-state index contributed by atoms with van der Waals surface area (Å²) in [5, 5.41) is 5.09. The number of aryl methyl sites for hydroxylation is 3. The molecule has 1 aromatic heterocycles. The van der Waals surface area contributed by atoms with E-state index in [1.54, 1.807) is 13.0 Å². The van der Waals surface area contributed by atoms with E-state index in [0.29, 0.717) is 15.7 Å². The van der Waals surface area contributed by atoms with Crippen molar-refractivity contribution in [3.8, 4) is 0 Å². The van der Waals surface area contributed by atoms with Gasteiger partial charge in [0.25, 0.3) is 5.91 Å². The molecule has 1 fully saturated rings. The largest absolute Gasteiger partial charge is 0.333 e. The van der Waals surface area contributed by atoms with Crippen molar-refractivity contribution in [1.29, 1.82) is 0 Å². The predicted octanol–water partition coefficient (Wildman–Crippen LogP) is 4.80. The molecule has 7 heteroatoms. The molecule has 0 saturated heterocycles. The minimum atomic E-state index is -0.574. The van der Waals surface area contributed by atoms with E-state index in [1.165, 1.54) is 7.05 Å². The van der Waals surface area contributed by atoms with Crippen molar-refractivity contribution < 1.29 is 9.18 Å². The average molecular weight is 398 g/mol. The Kier molecular flexibility index (Phi) is 5.58. The molecule has 0 N–H and O–H groups in total. The van der Waals surface area contributed by atoms with Gasteiger partial charge in [-0.25, -0.2) is 4.68 Å². The van der Waals surface area contributed by atoms with Gasteiger partial charge in [-0.1, -0.05) is 29.3 Å². The fraction of sp³-hybridized carbons (Fsp3) is 0.474. The van der Waals surface area contributed by atoms with Crippen LogP contribution >= 0.6 is 23.2 Å². The van der Waals surface area contributed by atoms with Crippen LogP contribution in [0, 0.1) is 12.9 Å². The van der Waals surface area contributed by atoms with Gasteiger partial charge in [-0.05, 0) is 57.2 Å². The maximum Gasteiger partial charge on any atom is 0.260 e. The Morgan fingerprint density at radius 1 is 1.38 bits per heavy atom. The lowest BCUT2D eigenvalue weighted by Crippen LogP contribution is -2.41. The Morgan fingerprint density at radius 3 is 2.62 bits per heavy atom. The lowest BCUT2D eigenvalue weighted by molar-refractivity contribution is 0.0661. The number of benzene rings is 1. The number of amides is 1. The summed E-state index contributed by atoms with van der Waals surface area (Å²) in [6.07, 6.45) is 3.46. The second-order valence-electron chi connectivity index (χ2n) is 6.95. The molecule has 2 aromatic rings. The van der Waals surface area contributed by atoms with Crippen molar-refractivity contribution in [2.75, 3.05) is 0 Å². The van der Waals surface area contributed by atoms with Gasteiger partial charge in [-0.15, -0.1) is 0 Å². The van der Waals surface area contributed by atoms with Gasteiger partial charge in [0.05, 0.1) is 15.7 Å². The van der Waals surface area contributed by atoms with Crippen molar-refractivity contribution in [2.24, 2.45) is 7.05 Å². The van der Waals surface area contributed by atoms with Crippen LogP contribution in [0.25, 0.3) is 0 Å². The number of halogens is 3. The molecular formula is C19H22Cl2FN3O. The fourth-order valence-corrected chi connectivity index (χ4v) is 3.61. The monoisotopic (exact) mass is 397 g/mol. The van der Waals surface area contributed by atoms with Crippen molar-refractivity contribution in [3.05, 3.63) is 51.0 Å². The Labute approximate surface area is 162 Å². The maximum atomic E-state index is 14.3. The molecule has 1 unspecified atom stereocenters. The van der Waals surface area contributed by atoms with Crippen LogP contribution in [0.2, 0.25) is 10.0 Å². The van der Waals surface area contributed by atoms with Gasteiger partial charge in [0.15, 0.2) is 0 Å². The molecule has 1 aliphatic rings. The third kappa shape index (κ3) is 3.89. The van der Waals surface area contributed by atoms with Crippen LogP contribution in [0.5, 0.6) is 0 Å². The second kappa shape index (κ2) is 7.57. The van der Waals surface area contributed by atoms with Gasteiger partial charge in [-0.3, -0.25) is 4.79 Å². The van der Waals surface area contributed by atoms with Crippen LogP contribution in [-0.2, 0) is 13.5 Å². The first-order chi connectivity index (χ1) is 12.3. The van der Waals surface area contributed by atoms with Gasteiger partial charge < -0.3 is 4.90 Å². The summed E-state index contributed by atoms with van der Waals surface area (Å²) in [7, 11) is 1.51. The van der Waals surface area contributed by atoms with Crippen molar-refractivity contribution in [2.45, 2.75) is 51.6 Å². The van der Waals surface area contributed by atoms with Gasteiger partial charge in [0.1, 0.15) is 5.56 Å². The van der Waals surface area contributed by atoms with E-state index in [0.717, 1.165) is 35.9 Å². The fourth-order valence-electron chi connectivity index (χ4n) is 3.29. The Hall–Kier alpha value is -1.59. The van der Waals surface area contributed by atoms with Crippen molar-refractivity contribution >= 4 is 29.1 Å². The van der Waals surface area contributed by atoms with Crippen LogP contribution in [0.4, 0.5) is 4.39 Å². The van der Waals surface area contributed by atoms with Crippen LogP contribution in [0.1, 0.15) is 47.8 Å². The lowest BCUT2D eigenvalue weighted by atomic mass is 10.0. The molecule has 0 spiro atoms. The number of rotatable bonds is 6. The third-order valence-corrected chi connectivity index (χ3v) is 5.59. The van der Waals surface area contributed by atoms with Gasteiger partial charge in [-0.2, -0.15) is 9.49 Å². The zero-order valence-electron chi connectivity index (χ0n) is 15.1. The summed E-state index contributed by atoms with van der Waals surface area (Å²) in [6, 6.07) is 5.75. The highest BCUT2D eigenvalue weighted by molar-refractivity contribution is 6.42. The molecular weight excluding hydrogens is 376 g/mol. The molecule has 1 aromatic carbocycles. The van der Waals surface area contributed by atoms with E-state index in [9.17, 15) is 9.18 Å². The first kappa shape index (κ1) is 19.2. The molecule has 1 amide bonds. The average Bonchev–Trinajstić information content (AvgIpc) is 3.36. The molecule has 0 radical (unpaired) electrons. The first-order valence-corrected chi connectivity index (χ1v) is 9.51. The van der Waals surface area contributed by atoms with Crippen LogP contribution in [0.15, 0.2) is 18.2 Å². The second-order valence-corrected chi connectivity index (χ2v) is 7.77. The normalized spacial score (nSPS) is 15.2. The molecule has 26 heavy (non-hydrogen) atoms. The molecule has 0 bridgehead atoms. The Balaban J connectivity index is 1.75. The molecule has 1 aliphatic carbocycles. The standard InChI is InChI=1S/C19H22Cl2FN3O/c1-11(4-5-13-6-9-15(20)16(21)10-13)25(14-7-8-14)19(26)17-12(2)23-24(3)18(17)22/h6,9-11,14H,4-5,7-8H2,1-3H3. The van der Waals surface area contributed by atoms with E-state index in [-0.39, 0.29) is 23.6 Å². The number of carbonyl (C=O) groups excluding carboxylic acids is 1. The highest BCUT2D eigenvalue weighted by atomic mass is 35.5. The van der Waals surface area contributed by atoms with E-state index >= 15 is 0 Å². The summed E-state index contributed by atoms with van der Waals surface area (Å²) in [5.74, 6) is -0.841. The zero-order valence-corrected chi connectivity index (χ0v) is 16.6. The molecule has 1 saturated carbocycles. The van der Waals surface area contributed by atoms with E-state index in [1.807, 2.05) is 24.0 Å². The molecule has 1 heterocycles. The third-order valence-electron chi connectivity index (χ3n) is 4.85. The Morgan fingerprint density at radius 2 is 2.08 bits per heavy atom. The number of carbonyl (C=O) groups is 1. The quantitative estimate of drug-likeness (QED) is 0.701. The number of hydrogen-bond donors (Lipinski definition) is 0. The molecule has 3 rings (SSSR count). The number of aromatic nitrogens is 2. The summed E-state index contributed by atoms with van der Waals surface area (Å²) in [5.41, 5.74) is 1.58. The molecule has 0 aliphatic heterocycles. The highest BCUT2D eigenvalue weighted by Gasteiger charge is 2.38. The summed E-state index contributed by atoms with van der Waals surface area (Å²) < 4.78 is 15.5. The zero-order chi connectivity index (χ0) is 19.0. The van der Waals surface area contributed by atoms with Gasteiger partial charge >= 0.3 is 0 Å². The van der Waals surface area contributed by atoms with E-state index < -0.39 is 5.95 Å². The van der Waals surface area contributed by atoms with Crippen molar-refractivity contribution in [3.63, 3.8) is 0 Å². The molecule has 4 nitrogen and oxygen atoms in total. The predicted molar refractivity (Wildman–Crippen MR) is 101 cm³/mol. The van der Waals surface area contributed by atoms with Crippen LogP contribution in [-0.4, -0.2) is 32.7 Å². The highest BCUT2D eigenvalue weighted by Crippen LogP contribution is 2.32. The van der Waals surface area contributed by atoms with Crippen LogP contribution in [0.3, 0.4) is 0 Å². The lowest BCUT2D eigenvalue weighted by Gasteiger charge is -2.29. The van der Waals surface area contributed by atoms with Crippen LogP contribution < -0.4 is 0 Å². The van der Waals surface area contributed by atoms with E-state index in [2.05, 4.69) is 5.10 Å². The summed E-state index contributed by atoms with van der Waals surface area (Å²) >= 11 is 12.0. The maximum absolute atomic E-state index is 14.3. The summed E-state index contributed by atoms with van der Waals surface area (Å²) in [6.45, 7) is 3.68.